The number of nitrogens with two attached hydrogens (primary N) is 1. The predicted molar refractivity (Wildman–Crippen MR) is 197 cm³/mol. The van der Waals surface area contributed by atoms with Crippen molar-refractivity contribution in [2.24, 2.45) is 5.73 Å². The van der Waals surface area contributed by atoms with Crippen molar-refractivity contribution in [3.05, 3.63) is 141 Å². The summed E-state index contributed by atoms with van der Waals surface area (Å²) < 4.78 is 0. The van der Waals surface area contributed by atoms with E-state index in [1.807, 2.05) is 84.9 Å². The Morgan fingerprint density at radius 1 is 0.800 bits per heavy atom. The molecule has 0 bridgehead atoms. The minimum Gasteiger partial charge on any atom is -0.368 e. The summed E-state index contributed by atoms with van der Waals surface area (Å²) in [4.78, 5) is 58.5. The molecule has 2 unspecified atom stereocenters. The standard InChI is InChI=1S/C39H39Cl3N4O4/c40-31-15-11-27(12-16-31)19-21-44(25-36(43)47)37(48)24-34-39(50)46(35(42)23-28-13-17-32(41)18-14-28)26-38(49)45(34)22-20-33(29-7-3-1-4-8-29)30-9-5-2-6-10-30/h1-18,33-35H,19-26H2,(H2,43,47). The van der Waals surface area contributed by atoms with E-state index in [2.05, 4.69) is 0 Å². The Bertz CT molecular complexity index is 1720. The number of benzene rings is 4. The number of carbonyl (C=O) groups excluding carboxylic acids is 4. The highest BCUT2D eigenvalue weighted by Crippen LogP contribution is 2.30. The molecule has 2 N–H and O–H groups in total. The first-order valence-corrected chi connectivity index (χ1v) is 17.7. The minimum absolute atomic E-state index is 0.0638. The Hall–Kier alpha value is -4.37. The molecule has 1 saturated heterocycles. The predicted octanol–water partition coefficient (Wildman–Crippen LogP) is 6.31. The lowest BCUT2D eigenvalue weighted by Crippen LogP contribution is -2.62. The molecule has 4 amide bonds. The van der Waals surface area contributed by atoms with Gasteiger partial charge in [0.15, 0.2) is 0 Å². The third kappa shape index (κ3) is 9.87. The van der Waals surface area contributed by atoms with E-state index in [1.165, 1.54) is 14.7 Å². The molecule has 0 radical (unpaired) electrons. The number of piperazine rings is 1. The van der Waals surface area contributed by atoms with Gasteiger partial charge in [0, 0.05) is 35.5 Å². The molecule has 2 atom stereocenters. The normalized spacial score (nSPS) is 15.3. The van der Waals surface area contributed by atoms with Gasteiger partial charge < -0.3 is 20.4 Å². The average Bonchev–Trinajstić information content (AvgIpc) is 3.11. The number of amides is 4. The number of carbonyl (C=O) groups is 4. The first-order valence-electron chi connectivity index (χ1n) is 16.5. The lowest BCUT2D eigenvalue weighted by molar-refractivity contribution is -0.159. The molecule has 50 heavy (non-hydrogen) atoms. The number of primary amides is 1. The van der Waals surface area contributed by atoms with Crippen molar-refractivity contribution in [3.63, 3.8) is 0 Å². The smallest absolute Gasteiger partial charge is 0.247 e. The summed E-state index contributed by atoms with van der Waals surface area (Å²) in [6, 6.07) is 33.1. The number of hydrogen-bond donors (Lipinski definition) is 1. The van der Waals surface area contributed by atoms with Crippen molar-refractivity contribution in [2.45, 2.75) is 43.1 Å². The summed E-state index contributed by atoms with van der Waals surface area (Å²) in [6.45, 7) is -0.158. The SMILES string of the molecule is NC(=O)CN(CCc1ccc(Cl)cc1)C(=O)CC1C(=O)N(C(Cl)Cc2ccc(Cl)cc2)CC(=O)N1CCC(c1ccccc1)c1ccccc1. The van der Waals surface area contributed by atoms with Gasteiger partial charge in [0.25, 0.3) is 0 Å². The third-order valence-corrected chi connectivity index (χ3v) is 9.83. The molecule has 0 aromatic heterocycles. The van der Waals surface area contributed by atoms with Gasteiger partial charge in [-0.3, -0.25) is 19.2 Å². The minimum atomic E-state index is -1.13. The highest BCUT2D eigenvalue weighted by Gasteiger charge is 2.43. The topological polar surface area (TPSA) is 104 Å². The van der Waals surface area contributed by atoms with Gasteiger partial charge in [-0.05, 0) is 59.4 Å². The average molecular weight is 734 g/mol. The molecular weight excluding hydrogens is 695 g/mol. The van der Waals surface area contributed by atoms with Crippen LogP contribution in [0.25, 0.3) is 0 Å². The maximum atomic E-state index is 14.3. The number of nitrogens with zero attached hydrogens (tertiary/aromatic N) is 3. The van der Waals surface area contributed by atoms with Crippen LogP contribution in [0.1, 0.15) is 41.0 Å². The van der Waals surface area contributed by atoms with Gasteiger partial charge in [-0.2, -0.15) is 0 Å². The van der Waals surface area contributed by atoms with Crippen LogP contribution in [-0.2, 0) is 32.0 Å². The fourth-order valence-corrected chi connectivity index (χ4v) is 6.90. The van der Waals surface area contributed by atoms with Crippen LogP contribution in [0.2, 0.25) is 10.0 Å². The number of hydrogen-bond acceptors (Lipinski definition) is 4. The van der Waals surface area contributed by atoms with E-state index in [1.54, 1.807) is 24.3 Å². The molecule has 0 spiro atoms. The molecule has 1 aliphatic heterocycles. The van der Waals surface area contributed by atoms with Crippen LogP contribution in [0, 0.1) is 0 Å². The van der Waals surface area contributed by atoms with E-state index >= 15 is 0 Å². The molecule has 5 rings (SSSR count). The van der Waals surface area contributed by atoms with E-state index in [-0.39, 0.29) is 50.8 Å². The van der Waals surface area contributed by atoms with Gasteiger partial charge in [-0.1, -0.05) is 120 Å². The van der Waals surface area contributed by atoms with E-state index < -0.39 is 29.3 Å². The van der Waals surface area contributed by atoms with Gasteiger partial charge in [-0.25, -0.2) is 0 Å². The van der Waals surface area contributed by atoms with Gasteiger partial charge in [0.05, 0.1) is 13.0 Å². The van der Waals surface area contributed by atoms with Crippen molar-refractivity contribution in [2.75, 3.05) is 26.2 Å². The lowest BCUT2D eigenvalue weighted by atomic mass is 9.88. The van der Waals surface area contributed by atoms with Crippen LogP contribution in [0.4, 0.5) is 0 Å². The Labute approximate surface area is 307 Å². The second-order valence-electron chi connectivity index (χ2n) is 12.4. The van der Waals surface area contributed by atoms with Crippen LogP contribution < -0.4 is 5.73 Å². The number of alkyl halides is 1. The van der Waals surface area contributed by atoms with E-state index in [4.69, 9.17) is 40.5 Å². The largest absolute Gasteiger partial charge is 0.368 e. The monoisotopic (exact) mass is 732 g/mol. The lowest BCUT2D eigenvalue weighted by Gasteiger charge is -2.42. The molecule has 4 aromatic carbocycles. The Morgan fingerprint density at radius 3 is 1.88 bits per heavy atom. The summed E-state index contributed by atoms with van der Waals surface area (Å²) >= 11 is 18.9. The molecule has 0 aliphatic carbocycles. The molecule has 1 heterocycles. The van der Waals surface area contributed by atoms with Gasteiger partial charge in [0.1, 0.15) is 18.1 Å². The molecule has 260 valence electrons. The van der Waals surface area contributed by atoms with Gasteiger partial charge in [0.2, 0.25) is 23.6 Å². The summed E-state index contributed by atoms with van der Waals surface area (Å²) in [5, 5.41) is 1.15. The highest BCUT2D eigenvalue weighted by atomic mass is 35.5. The van der Waals surface area contributed by atoms with E-state index in [0.717, 1.165) is 22.3 Å². The third-order valence-electron chi connectivity index (χ3n) is 8.94. The number of halogens is 3. The Morgan fingerprint density at radius 2 is 1.34 bits per heavy atom. The zero-order valence-corrected chi connectivity index (χ0v) is 29.7. The van der Waals surface area contributed by atoms with E-state index in [9.17, 15) is 19.2 Å². The molecule has 8 nitrogen and oxygen atoms in total. The fourth-order valence-electron chi connectivity index (χ4n) is 6.31. The van der Waals surface area contributed by atoms with Crippen molar-refractivity contribution in [1.29, 1.82) is 0 Å². The number of rotatable bonds is 15. The van der Waals surface area contributed by atoms with Gasteiger partial charge in [-0.15, -0.1) is 0 Å². The summed E-state index contributed by atoms with van der Waals surface area (Å²) in [7, 11) is 0. The molecule has 1 aliphatic rings. The van der Waals surface area contributed by atoms with Crippen LogP contribution in [0.3, 0.4) is 0 Å². The first kappa shape index (κ1) is 36.9. The van der Waals surface area contributed by atoms with Crippen LogP contribution >= 0.6 is 34.8 Å². The van der Waals surface area contributed by atoms with Gasteiger partial charge >= 0.3 is 0 Å². The molecule has 1 fully saturated rings. The molecule has 4 aromatic rings. The summed E-state index contributed by atoms with van der Waals surface area (Å²) in [5.74, 6) is -1.96. The van der Waals surface area contributed by atoms with Crippen molar-refractivity contribution in [1.82, 2.24) is 14.7 Å². The van der Waals surface area contributed by atoms with Crippen molar-refractivity contribution >= 4 is 58.4 Å². The molecule has 11 heteroatoms. The first-order chi connectivity index (χ1) is 24.1. The van der Waals surface area contributed by atoms with Crippen LogP contribution in [0.15, 0.2) is 109 Å². The highest BCUT2D eigenvalue weighted by molar-refractivity contribution is 6.30. The Balaban J connectivity index is 1.40. The van der Waals surface area contributed by atoms with Crippen molar-refractivity contribution in [3.8, 4) is 0 Å². The summed E-state index contributed by atoms with van der Waals surface area (Å²) in [6.07, 6.45) is 0.886. The zero-order valence-electron chi connectivity index (χ0n) is 27.5. The zero-order chi connectivity index (χ0) is 35.6. The molecular formula is C39H39Cl3N4O4. The fraction of sp³-hybridized carbons (Fsp3) is 0.282. The van der Waals surface area contributed by atoms with Crippen LogP contribution in [0.5, 0.6) is 0 Å². The quantitative estimate of drug-likeness (QED) is 0.114. The van der Waals surface area contributed by atoms with Crippen molar-refractivity contribution < 1.29 is 19.2 Å². The maximum Gasteiger partial charge on any atom is 0.247 e. The second-order valence-corrected chi connectivity index (χ2v) is 13.7. The van der Waals surface area contributed by atoms with E-state index in [0.29, 0.717) is 22.9 Å². The maximum absolute atomic E-state index is 14.3. The Kier molecular flexibility index (Phi) is 12.9. The second kappa shape index (κ2) is 17.5. The summed E-state index contributed by atoms with van der Waals surface area (Å²) in [5.41, 5.74) is 8.60. The van der Waals surface area contributed by atoms with Crippen LogP contribution in [-0.4, -0.2) is 76.1 Å². The molecule has 0 saturated carbocycles.